The van der Waals surface area contributed by atoms with E-state index in [0.717, 1.165) is 12.8 Å². The first-order chi connectivity index (χ1) is 13.3. The number of carbonyl (C=O) groups is 3. The number of rotatable bonds is 6. The number of nitrogens with two attached hydrogens (primary N) is 2. The molecule has 1 fully saturated rings. The third-order valence-electron chi connectivity index (χ3n) is 5.11. The summed E-state index contributed by atoms with van der Waals surface area (Å²) >= 11 is 12.4. The van der Waals surface area contributed by atoms with Crippen molar-refractivity contribution in [2.24, 2.45) is 11.5 Å². The summed E-state index contributed by atoms with van der Waals surface area (Å²) in [5.74, 6) is -0.991. The number of benzene rings is 1. The average Bonchev–Trinajstić information content (AvgIpc) is 2.91. The molecule has 2 atom stereocenters. The highest BCUT2D eigenvalue weighted by Crippen LogP contribution is 2.47. The highest BCUT2D eigenvalue weighted by molar-refractivity contribution is 6.42. The van der Waals surface area contributed by atoms with Gasteiger partial charge >= 0.3 is 0 Å². The molecule has 3 rings (SSSR count). The van der Waals surface area contributed by atoms with Crippen LogP contribution in [0, 0.1) is 0 Å². The fourth-order valence-electron chi connectivity index (χ4n) is 3.99. The zero-order valence-corrected chi connectivity index (χ0v) is 17.0. The summed E-state index contributed by atoms with van der Waals surface area (Å²) in [7, 11) is 0. The van der Waals surface area contributed by atoms with Crippen LogP contribution >= 0.6 is 23.2 Å². The highest BCUT2D eigenvalue weighted by Gasteiger charge is 2.49. The van der Waals surface area contributed by atoms with E-state index in [4.69, 9.17) is 34.7 Å². The van der Waals surface area contributed by atoms with Crippen molar-refractivity contribution in [3.8, 4) is 0 Å². The zero-order chi connectivity index (χ0) is 20.6. The molecule has 0 aromatic heterocycles. The largest absolute Gasteiger partial charge is 0.368 e. The van der Waals surface area contributed by atoms with Crippen molar-refractivity contribution in [3.63, 3.8) is 0 Å². The van der Waals surface area contributed by atoms with Crippen LogP contribution in [-0.2, 0) is 14.4 Å². The molecule has 0 spiro atoms. The van der Waals surface area contributed by atoms with Crippen molar-refractivity contribution in [2.45, 2.75) is 38.4 Å². The summed E-state index contributed by atoms with van der Waals surface area (Å²) in [4.78, 5) is 42.0. The van der Waals surface area contributed by atoms with Crippen molar-refractivity contribution in [2.75, 3.05) is 29.4 Å². The molecule has 8 nitrogen and oxygen atoms in total. The fraction of sp³-hybridized carbons (Fsp3) is 0.500. The summed E-state index contributed by atoms with van der Waals surface area (Å²) in [6.45, 7) is 1.94. The molecule has 3 amide bonds. The number of unbranched alkanes of at least 4 members (excludes halogenated alkanes) is 1. The molecule has 4 N–H and O–H groups in total. The molecule has 0 saturated carbocycles. The van der Waals surface area contributed by atoms with Gasteiger partial charge in [0, 0.05) is 6.92 Å². The number of amides is 3. The second-order valence-corrected chi connectivity index (χ2v) is 7.83. The van der Waals surface area contributed by atoms with Crippen LogP contribution < -0.4 is 21.3 Å². The number of hydrogen-bond acceptors (Lipinski definition) is 5. The van der Waals surface area contributed by atoms with Gasteiger partial charge in [-0.15, -0.1) is 0 Å². The average molecular weight is 428 g/mol. The highest BCUT2D eigenvalue weighted by atomic mass is 35.5. The molecule has 2 heterocycles. The number of carbonyl (C=O) groups excluding carboxylic acids is 3. The number of fused-ring (bicyclic) bond motifs is 3. The minimum atomic E-state index is -0.599. The summed E-state index contributed by atoms with van der Waals surface area (Å²) in [6.07, 6.45) is 1.58. The molecule has 10 heteroatoms. The topological polar surface area (TPSA) is 113 Å². The molecule has 1 aromatic rings. The Morgan fingerprint density at radius 3 is 2.39 bits per heavy atom. The van der Waals surface area contributed by atoms with E-state index in [1.54, 1.807) is 17.0 Å². The third-order valence-corrected chi connectivity index (χ3v) is 5.83. The Hall–Kier alpha value is -2.03. The van der Waals surface area contributed by atoms with Gasteiger partial charge in [-0.2, -0.15) is 0 Å². The molecule has 0 unspecified atom stereocenters. The second kappa shape index (κ2) is 8.14. The first-order valence-corrected chi connectivity index (χ1v) is 9.86. The van der Waals surface area contributed by atoms with Gasteiger partial charge in [-0.3, -0.25) is 19.3 Å². The van der Waals surface area contributed by atoms with E-state index in [0.29, 0.717) is 34.4 Å². The van der Waals surface area contributed by atoms with Crippen molar-refractivity contribution < 1.29 is 14.4 Å². The summed E-state index contributed by atoms with van der Waals surface area (Å²) < 4.78 is 0. The van der Waals surface area contributed by atoms with E-state index < -0.39 is 18.1 Å². The minimum absolute atomic E-state index is 0.165. The number of primary amides is 1. The zero-order valence-electron chi connectivity index (χ0n) is 15.5. The van der Waals surface area contributed by atoms with Gasteiger partial charge in [0.1, 0.15) is 12.2 Å². The van der Waals surface area contributed by atoms with Gasteiger partial charge < -0.3 is 21.3 Å². The first-order valence-electron chi connectivity index (χ1n) is 9.10. The Kier molecular flexibility index (Phi) is 6.02. The molecule has 152 valence electrons. The second-order valence-electron chi connectivity index (χ2n) is 7.02. The van der Waals surface area contributed by atoms with Crippen molar-refractivity contribution >= 4 is 52.3 Å². The Labute approximate surface area is 173 Å². The van der Waals surface area contributed by atoms with Crippen LogP contribution in [0.15, 0.2) is 12.1 Å². The van der Waals surface area contributed by atoms with E-state index in [9.17, 15) is 14.4 Å². The van der Waals surface area contributed by atoms with Gasteiger partial charge in [0.25, 0.3) is 0 Å². The maximum absolute atomic E-state index is 13.1. The lowest BCUT2D eigenvalue weighted by Gasteiger charge is -2.45. The molecule has 1 saturated heterocycles. The first kappa shape index (κ1) is 20.7. The maximum atomic E-state index is 13.1. The molecule has 2 aliphatic heterocycles. The van der Waals surface area contributed by atoms with Crippen LogP contribution in [0.5, 0.6) is 0 Å². The van der Waals surface area contributed by atoms with Crippen molar-refractivity contribution in [1.29, 1.82) is 0 Å². The third kappa shape index (κ3) is 3.64. The van der Waals surface area contributed by atoms with Crippen LogP contribution in [-0.4, -0.2) is 54.5 Å². The Morgan fingerprint density at radius 2 is 1.82 bits per heavy atom. The van der Waals surface area contributed by atoms with E-state index in [1.807, 2.05) is 4.90 Å². The number of piperazine rings is 1. The van der Waals surface area contributed by atoms with Gasteiger partial charge in [0.05, 0.1) is 34.5 Å². The molecule has 0 bridgehead atoms. The van der Waals surface area contributed by atoms with Crippen LogP contribution in [0.25, 0.3) is 0 Å². The normalized spacial score (nSPS) is 21.0. The summed E-state index contributed by atoms with van der Waals surface area (Å²) in [6, 6.07) is 2.77. The summed E-state index contributed by atoms with van der Waals surface area (Å²) in [5, 5.41) is 0.670. The Balaban J connectivity index is 2.07. The lowest BCUT2D eigenvalue weighted by molar-refractivity contribution is -0.139. The lowest BCUT2D eigenvalue weighted by atomic mass is 10.0. The maximum Gasteiger partial charge on any atom is 0.245 e. The smallest absolute Gasteiger partial charge is 0.245 e. The predicted octanol–water partition coefficient (Wildman–Crippen LogP) is 1.32. The summed E-state index contributed by atoms with van der Waals surface area (Å²) in [5.41, 5.74) is 12.2. The molecular weight excluding hydrogens is 405 g/mol. The molecule has 1 aromatic carbocycles. The molecule has 28 heavy (non-hydrogen) atoms. The lowest BCUT2D eigenvalue weighted by Crippen LogP contribution is -2.66. The van der Waals surface area contributed by atoms with Crippen LogP contribution in [0.4, 0.5) is 11.4 Å². The monoisotopic (exact) mass is 427 g/mol. The molecule has 0 radical (unpaired) electrons. The van der Waals surface area contributed by atoms with E-state index in [2.05, 4.69) is 0 Å². The number of anilines is 2. The van der Waals surface area contributed by atoms with Crippen LogP contribution in [0.1, 0.15) is 26.2 Å². The van der Waals surface area contributed by atoms with Gasteiger partial charge in [0.15, 0.2) is 0 Å². The molecular formula is C18H23Cl2N5O3. The van der Waals surface area contributed by atoms with Gasteiger partial charge in [-0.1, -0.05) is 23.2 Å². The Morgan fingerprint density at radius 1 is 1.18 bits per heavy atom. The fourth-order valence-corrected chi connectivity index (χ4v) is 4.30. The molecule has 0 aliphatic carbocycles. The van der Waals surface area contributed by atoms with Gasteiger partial charge in [0.2, 0.25) is 17.7 Å². The van der Waals surface area contributed by atoms with Crippen LogP contribution in [0.3, 0.4) is 0 Å². The van der Waals surface area contributed by atoms with Crippen molar-refractivity contribution in [3.05, 3.63) is 22.2 Å². The number of hydrogen-bond donors (Lipinski definition) is 2. The number of nitrogens with zero attached hydrogens (tertiary/aromatic N) is 3. The van der Waals surface area contributed by atoms with E-state index in [-0.39, 0.29) is 24.9 Å². The standard InChI is InChI=1S/C18H23Cl2N5O3/c1-10(26)24-14-6-11(19)12(20)7-15(14)25-13(4-2-3-5-21)18(28)23(8-16(22)27)9-17(24)25/h6-7,13,17H,2-5,8-9,21H2,1H3,(H2,22,27)/t13-,17+/m0/s1. The van der Waals surface area contributed by atoms with Gasteiger partial charge in [-0.25, -0.2) is 0 Å². The minimum Gasteiger partial charge on any atom is -0.368 e. The van der Waals surface area contributed by atoms with E-state index >= 15 is 0 Å². The predicted molar refractivity (Wildman–Crippen MR) is 108 cm³/mol. The quantitative estimate of drug-likeness (QED) is 0.664. The van der Waals surface area contributed by atoms with Gasteiger partial charge in [-0.05, 0) is 37.9 Å². The Bertz CT molecular complexity index is 819. The number of halogens is 2. The SMILES string of the molecule is CC(=O)N1c2cc(Cl)c(Cl)cc2N2[C@@H]1CN(CC(N)=O)C(=O)[C@@H]2CCCCN. The van der Waals surface area contributed by atoms with Crippen LogP contribution in [0.2, 0.25) is 10.0 Å². The van der Waals surface area contributed by atoms with Crippen molar-refractivity contribution in [1.82, 2.24) is 4.90 Å². The van der Waals surface area contributed by atoms with E-state index in [1.165, 1.54) is 11.8 Å². The molecule has 2 aliphatic rings.